The van der Waals surface area contributed by atoms with Crippen LogP contribution in [0.4, 0.5) is 17.1 Å². The standard InChI is InChI=1S/C13H20N4O3/c1-9(2)16-12(18)7-8-15-11-6-4-5-10(14-3)13(11)17(19)20/h4-6,9,14-15H,7-8H2,1-3H3,(H,16,18). The molecule has 0 radical (unpaired) electrons. The summed E-state index contributed by atoms with van der Waals surface area (Å²) in [5.41, 5.74) is 0.824. The molecule has 0 bridgehead atoms. The molecule has 0 heterocycles. The van der Waals surface area contributed by atoms with Gasteiger partial charge in [0.2, 0.25) is 5.91 Å². The first kappa shape index (κ1) is 15.7. The lowest BCUT2D eigenvalue weighted by molar-refractivity contribution is -0.383. The van der Waals surface area contributed by atoms with Gasteiger partial charge < -0.3 is 16.0 Å². The number of hydrogen-bond acceptors (Lipinski definition) is 5. The normalized spacial score (nSPS) is 10.2. The van der Waals surface area contributed by atoms with Gasteiger partial charge in [-0.3, -0.25) is 14.9 Å². The van der Waals surface area contributed by atoms with E-state index in [0.717, 1.165) is 0 Å². The summed E-state index contributed by atoms with van der Waals surface area (Å²) in [6.45, 7) is 4.10. The van der Waals surface area contributed by atoms with Gasteiger partial charge in [-0.05, 0) is 26.0 Å². The number of nitrogens with one attached hydrogen (secondary N) is 3. The molecule has 0 aliphatic heterocycles. The van der Waals surface area contributed by atoms with E-state index >= 15 is 0 Å². The third kappa shape index (κ3) is 4.42. The summed E-state index contributed by atoms with van der Waals surface area (Å²) in [5.74, 6) is -0.0834. The lowest BCUT2D eigenvalue weighted by atomic mass is 10.2. The number of carbonyl (C=O) groups is 1. The van der Waals surface area contributed by atoms with Gasteiger partial charge in [-0.15, -0.1) is 0 Å². The van der Waals surface area contributed by atoms with E-state index in [1.807, 2.05) is 13.8 Å². The van der Waals surface area contributed by atoms with E-state index in [4.69, 9.17) is 0 Å². The SMILES string of the molecule is CNc1cccc(NCCC(=O)NC(C)C)c1[N+](=O)[O-]. The topological polar surface area (TPSA) is 96.3 Å². The molecule has 0 saturated carbocycles. The van der Waals surface area contributed by atoms with Crippen LogP contribution in [0.5, 0.6) is 0 Å². The van der Waals surface area contributed by atoms with Crippen molar-refractivity contribution in [2.45, 2.75) is 26.3 Å². The Labute approximate surface area is 117 Å². The van der Waals surface area contributed by atoms with Gasteiger partial charge in [-0.2, -0.15) is 0 Å². The molecule has 0 fully saturated rings. The van der Waals surface area contributed by atoms with E-state index in [9.17, 15) is 14.9 Å². The zero-order valence-electron chi connectivity index (χ0n) is 11.9. The molecule has 1 aromatic carbocycles. The maximum atomic E-state index is 11.5. The van der Waals surface area contributed by atoms with Gasteiger partial charge >= 0.3 is 5.69 Å². The Balaban J connectivity index is 2.69. The van der Waals surface area contributed by atoms with Crippen LogP contribution in [0, 0.1) is 10.1 Å². The van der Waals surface area contributed by atoms with Crippen molar-refractivity contribution in [1.82, 2.24) is 5.32 Å². The van der Waals surface area contributed by atoms with Crippen LogP contribution in [-0.2, 0) is 4.79 Å². The van der Waals surface area contributed by atoms with Crippen molar-refractivity contribution in [1.29, 1.82) is 0 Å². The average molecular weight is 280 g/mol. The van der Waals surface area contributed by atoms with Crippen molar-refractivity contribution in [3.05, 3.63) is 28.3 Å². The summed E-state index contributed by atoms with van der Waals surface area (Å²) in [5, 5.41) is 19.6. The largest absolute Gasteiger partial charge is 0.382 e. The summed E-state index contributed by atoms with van der Waals surface area (Å²) < 4.78 is 0. The van der Waals surface area contributed by atoms with Crippen molar-refractivity contribution >= 4 is 23.0 Å². The Morgan fingerprint density at radius 1 is 1.35 bits per heavy atom. The summed E-state index contributed by atoms with van der Waals surface area (Å²) in [6, 6.07) is 5.06. The van der Waals surface area contributed by atoms with E-state index in [0.29, 0.717) is 17.9 Å². The van der Waals surface area contributed by atoms with E-state index in [1.165, 1.54) is 0 Å². The molecule has 0 aliphatic rings. The maximum absolute atomic E-state index is 11.5. The molecule has 110 valence electrons. The van der Waals surface area contributed by atoms with Crippen LogP contribution < -0.4 is 16.0 Å². The lowest BCUT2D eigenvalue weighted by Crippen LogP contribution is -2.31. The molecule has 0 aromatic heterocycles. The van der Waals surface area contributed by atoms with Crippen LogP contribution in [0.2, 0.25) is 0 Å². The molecule has 7 nitrogen and oxygen atoms in total. The number of para-hydroxylation sites is 1. The van der Waals surface area contributed by atoms with Gasteiger partial charge in [-0.25, -0.2) is 0 Å². The Kier molecular flexibility index (Phi) is 5.76. The number of hydrogen-bond donors (Lipinski definition) is 3. The highest BCUT2D eigenvalue weighted by molar-refractivity contribution is 5.78. The number of benzene rings is 1. The molecule has 3 N–H and O–H groups in total. The smallest absolute Gasteiger partial charge is 0.315 e. The summed E-state index contributed by atoms with van der Waals surface area (Å²) in [7, 11) is 1.63. The first-order chi connectivity index (χ1) is 9.45. The van der Waals surface area contributed by atoms with Crippen molar-refractivity contribution in [2.24, 2.45) is 0 Å². The molecule has 0 spiro atoms. The second-order valence-corrected chi connectivity index (χ2v) is 4.61. The van der Waals surface area contributed by atoms with E-state index in [2.05, 4.69) is 16.0 Å². The Hall–Kier alpha value is -2.31. The van der Waals surface area contributed by atoms with Crippen LogP contribution in [0.3, 0.4) is 0 Å². The van der Waals surface area contributed by atoms with Crippen LogP contribution in [0.15, 0.2) is 18.2 Å². The molecular formula is C13H20N4O3. The Morgan fingerprint density at radius 2 is 2.00 bits per heavy atom. The third-order valence-corrected chi connectivity index (χ3v) is 2.61. The van der Waals surface area contributed by atoms with E-state index < -0.39 is 4.92 Å². The van der Waals surface area contributed by atoms with Gasteiger partial charge in [0.05, 0.1) is 4.92 Å². The van der Waals surface area contributed by atoms with Gasteiger partial charge in [0.25, 0.3) is 0 Å². The number of carbonyl (C=O) groups excluding carboxylic acids is 1. The van der Waals surface area contributed by atoms with Crippen molar-refractivity contribution in [3.8, 4) is 0 Å². The van der Waals surface area contributed by atoms with Gasteiger partial charge in [0.1, 0.15) is 11.4 Å². The summed E-state index contributed by atoms with van der Waals surface area (Å²) in [6.07, 6.45) is 0.263. The number of nitro benzene ring substituents is 1. The molecule has 7 heteroatoms. The maximum Gasteiger partial charge on any atom is 0.315 e. The zero-order valence-corrected chi connectivity index (χ0v) is 11.9. The highest BCUT2D eigenvalue weighted by Gasteiger charge is 2.18. The molecule has 0 aliphatic carbocycles. The third-order valence-electron chi connectivity index (χ3n) is 2.61. The predicted molar refractivity (Wildman–Crippen MR) is 79.0 cm³/mol. The quantitative estimate of drug-likeness (QED) is 0.524. The minimum absolute atomic E-state index is 0.0146. The molecule has 20 heavy (non-hydrogen) atoms. The van der Waals surface area contributed by atoms with Gasteiger partial charge in [0, 0.05) is 26.1 Å². The Morgan fingerprint density at radius 3 is 2.55 bits per heavy atom. The van der Waals surface area contributed by atoms with Crippen LogP contribution in [0.25, 0.3) is 0 Å². The van der Waals surface area contributed by atoms with Gasteiger partial charge in [-0.1, -0.05) is 6.07 Å². The van der Waals surface area contributed by atoms with E-state index in [1.54, 1.807) is 25.2 Å². The lowest BCUT2D eigenvalue weighted by Gasteiger charge is -2.11. The molecular weight excluding hydrogens is 260 g/mol. The minimum Gasteiger partial charge on any atom is -0.382 e. The predicted octanol–water partition coefficient (Wildman–Crippen LogP) is 1.96. The summed E-state index contributed by atoms with van der Waals surface area (Å²) >= 11 is 0. The molecule has 0 atom stereocenters. The van der Waals surface area contributed by atoms with Crippen molar-refractivity contribution in [2.75, 3.05) is 24.2 Å². The van der Waals surface area contributed by atoms with E-state index in [-0.39, 0.29) is 24.1 Å². The van der Waals surface area contributed by atoms with Crippen LogP contribution >= 0.6 is 0 Å². The average Bonchev–Trinajstić information content (AvgIpc) is 2.37. The van der Waals surface area contributed by atoms with Crippen LogP contribution in [-0.4, -0.2) is 30.5 Å². The van der Waals surface area contributed by atoms with Crippen LogP contribution in [0.1, 0.15) is 20.3 Å². The number of rotatable bonds is 7. The van der Waals surface area contributed by atoms with Crippen molar-refractivity contribution in [3.63, 3.8) is 0 Å². The Bertz CT molecular complexity index is 489. The highest BCUT2D eigenvalue weighted by Crippen LogP contribution is 2.32. The molecule has 1 aromatic rings. The first-order valence-electron chi connectivity index (χ1n) is 6.44. The summed E-state index contributed by atoms with van der Waals surface area (Å²) in [4.78, 5) is 22.1. The first-order valence-corrected chi connectivity index (χ1v) is 6.44. The number of anilines is 2. The second kappa shape index (κ2) is 7.32. The van der Waals surface area contributed by atoms with Crippen molar-refractivity contribution < 1.29 is 9.72 Å². The second-order valence-electron chi connectivity index (χ2n) is 4.61. The number of nitro groups is 1. The zero-order chi connectivity index (χ0) is 15.1. The minimum atomic E-state index is -0.442. The molecule has 0 saturated heterocycles. The number of nitrogens with zero attached hydrogens (tertiary/aromatic N) is 1. The van der Waals surface area contributed by atoms with Gasteiger partial charge in [0.15, 0.2) is 0 Å². The molecule has 0 unspecified atom stereocenters. The highest BCUT2D eigenvalue weighted by atomic mass is 16.6. The fraction of sp³-hybridized carbons (Fsp3) is 0.462. The monoisotopic (exact) mass is 280 g/mol. The fourth-order valence-electron chi connectivity index (χ4n) is 1.79. The number of amides is 1. The fourth-order valence-corrected chi connectivity index (χ4v) is 1.79. The molecule has 1 rings (SSSR count). The molecule has 1 amide bonds.